The van der Waals surface area contributed by atoms with Gasteiger partial charge >= 0.3 is 0 Å². The van der Waals surface area contributed by atoms with Crippen LogP contribution >= 0.6 is 15.9 Å². The number of carbonyl (C=O) groups is 2. The summed E-state index contributed by atoms with van der Waals surface area (Å²) in [7, 11) is 0. The minimum absolute atomic E-state index is 0.169. The van der Waals surface area contributed by atoms with Crippen molar-refractivity contribution >= 4 is 27.7 Å². The molecule has 0 aromatic heterocycles. The molecule has 6 nitrogen and oxygen atoms in total. The van der Waals surface area contributed by atoms with Crippen LogP contribution in [0.3, 0.4) is 0 Å². The van der Waals surface area contributed by atoms with E-state index in [1.54, 1.807) is 18.2 Å². The Labute approximate surface area is 220 Å². The van der Waals surface area contributed by atoms with Crippen LogP contribution in [0.15, 0.2) is 65.1 Å². The van der Waals surface area contributed by atoms with E-state index in [2.05, 4.69) is 50.2 Å². The van der Waals surface area contributed by atoms with Gasteiger partial charge in [-0.1, -0.05) is 45.7 Å². The molecule has 36 heavy (non-hydrogen) atoms. The number of carbonyl (C=O) groups excluding carboxylic acids is 2. The quantitative estimate of drug-likeness (QED) is 0.359. The lowest BCUT2D eigenvalue weighted by atomic mass is 10.1. The average Bonchev–Trinajstić information content (AvgIpc) is 2.87. The van der Waals surface area contributed by atoms with Gasteiger partial charge in [0.25, 0.3) is 11.8 Å². The predicted octanol–water partition coefficient (Wildman–Crippen LogP) is 2.93. The van der Waals surface area contributed by atoms with Crippen molar-refractivity contribution < 1.29 is 9.59 Å². The molecule has 0 saturated heterocycles. The molecular formula is C29H27BrN4O2. The second-order valence-corrected chi connectivity index (χ2v) is 8.90. The molecule has 0 radical (unpaired) electrons. The first kappa shape index (κ1) is 26.7. The first-order valence-electron chi connectivity index (χ1n) is 11.4. The summed E-state index contributed by atoms with van der Waals surface area (Å²) in [6.07, 6.45) is 0. The van der Waals surface area contributed by atoms with E-state index in [9.17, 15) is 9.59 Å². The second-order valence-electron chi connectivity index (χ2n) is 7.99. The molecule has 2 amide bonds. The van der Waals surface area contributed by atoms with Gasteiger partial charge in [0.2, 0.25) is 0 Å². The smallest absolute Gasteiger partial charge is 0.251 e. The highest BCUT2D eigenvalue weighted by atomic mass is 79.9. The SMILES string of the molecule is Cc1cc(C#Cc2cccc(C#Cc3cc(Br)cc(C(=O)NCCN)c3)c2)cc(C(=O)NCCN)c1. The van der Waals surface area contributed by atoms with Crippen LogP contribution in [0, 0.1) is 30.6 Å². The molecule has 0 aliphatic heterocycles. The van der Waals surface area contributed by atoms with Gasteiger partial charge in [0.15, 0.2) is 0 Å². The summed E-state index contributed by atoms with van der Waals surface area (Å²) in [6.45, 7) is 3.52. The molecule has 0 heterocycles. The molecule has 0 fully saturated rings. The fourth-order valence-corrected chi connectivity index (χ4v) is 3.81. The molecule has 0 bridgehead atoms. The lowest BCUT2D eigenvalue weighted by Gasteiger charge is -2.05. The van der Waals surface area contributed by atoms with Crippen LogP contribution in [-0.4, -0.2) is 38.0 Å². The average molecular weight is 543 g/mol. The molecule has 0 unspecified atom stereocenters. The van der Waals surface area contributed by atoms with E-state index in [4.69, 9.17) is 11.5 Å². The Bertz CT molecular complexity index is 1290. The Hall–Kier alpha value is -3.88. The Morgan fingerprint density at radius 2 is 1.22 bits per heavy atom. The number of hydrogen-bond donors (Lipinski definition) is 4. The summed E-state index contributed by atoms with van der Waals surface area (Å²) in [5.74, 6) is 12.2. The number of nitrogens with two attached hydrogens (primary N) is 2. The molecular weight excluding hydrogens is 516 g/mol. The van der Waals surface area contributed by atoms with E-state index in [1.807, 2.05) is 49.4 Å². The van der Waals surface area contributed by atoms with Crippen molar-refractivity contribution in [3.8, 4) is 23.7 Å². The third-order valence-corrected chi connectivity index (χ3v) is 5.38. The summed E-state index contributed by atoms with van der Waals surface area (Å²) < 4.78 is 0.765. The molecule has 3 aromatic rings. The summed E-state index contributed by atoms with van der Waals surface area (Å²) in [4.78, 5) is 24.5. The predicted molar refractivity (Wildman–Crippen MR) is 146 cm³/mol. The monoisotopic (exact) mass is 542 g/mol. The van der Waals surface area contributed by atoms with Crippen LogP contribution < -0.4 is 22.1 Å². The second kappa shape index (κ2) is 13.3. The van der Waals surface area contributed by atoms with Gasteiger partial charge in [-0.25, -0.2) is 0 Å². The van der Waals surface area contributed by atoms with E-state index in [1.165, 1.54) is 0 Å². The number of aryl methyl sites for hydroxylation is 1. The van der Waals surface area contributed by atoms with Gasteiger partial charge in [-0.2, -0.15) is 0 Å². The molecule has 182 valence electrons. The highest BCUT2D eigenvalue weighted by molar-refractivity contribution is 9.10. The van der Waals surface area contributed by atoms with Crippen molar-refractivity contribution in [2.24, 2.45) is 11.5 Å². The van der Waals surface area contributed by atoms with Gasteiger partial charge in [0.1, 0.15) is 0 Å². The summed E-state index contributed by atoms with van der Waals surface area (Å²) in [6, 6.07) is 18.5. The minimum Gasteiger partial charge on any atom is -0.351 e. The van der Waals surface area contributed by atoms with E-state index >= 15 is 0 Å². The van der Waals surface area contributed by atoms with Crippen LogP contribution in [0.2, 0.25) is 0 Å². The van der Waals surface area contributed by atoms with Crippen LogP contribution in [0.5, 0.6) is 0 Å². The lowest BCUT2D eigenvalue weighted by molar-refractivity contribution is 0.0946. The Balaban J connectivity index is 1.80. The maximum absolute atomic E-state index is 12.3. The molecule has 3 aromatic carbocycles. The van der Waals surface area contributed by atoms with Crippen molar-refractivity contribution in [2.45, 2.75) is 6.92 Å². The first-order valence-corrected chi connectivity index (χ1v) is 12.2. The number of halogens is 1. The molecule has 0 aliphatic rings. The van der Waals surface area contributed by atoms with Crippen LogP contribution in [0.1, 0.15) is 48.5 Å². The zero-order valence-corrected chi connectivity index (χ0v) is 21.5. The lowest BCUT2D eigenvalue weighted by Crippen LogP contribution is -2.29. The van der Waals surface area contributed by atoms with Crippen LogP contribution in [0.4, 0.5) is 0 Å². The van der Waals surface area contributed by atoms with E-state index < -0.39 is 0 Å². The maximum atomic E-state index is 12.3. The zero-order valence-electron chi connectivity index (χ0n) is 20.0. The molecule has 0 saturated carbocycles. The highest BCUT2D eigenvalue weighted by Gasteiger charge is 2.07. The van der Waals surface area contributed by atoms with Crippen molar-refractivity contribution in [3.63, 3.8) is 0 Å². The van der Waals surface area contributed by atoms with Gasteiger partial charge < -0.3 is 22.1 Å². The minimum atomic E-state index is -0.196. The topological polar surface area (TPSA) is 110 Å². The third-order valence-electron chi connectivity index (χ3n) is 4.92. The summed E-state index contributed by atoms with van der Waals surface area (Å²) in [5, 5.41) is 5.53. The van der Waals surface area contributed by atoms with Crippen molar-refractivity contribution in [2.75, 3.05) is 26.2 Å². The summed E-state index contributed by atoms with van der Waals surface area (Å²) in [5.41, 5.74) is 16.0. The normalized spacial score (nSPS) is 9.89. The Morgan fingerprint density at radius 1 is 0.722 bits per heavy atom. The zero-order chi connectivity index (χ0) is 25.9. The molecule has 0 aliphatic carbocycles. The molecule has 7 heteroatoms. The molecule has 6 N–H and O–H groups in total. The number of amides is 2. The Kier molecular flexibility index (Phi) is 9.85. The molecule has 0 atom stereocenters. The number of hydrogen-bond acceptors (Lipinski definition) is 4. The fourth-order valence-electron chi connectivity index (χ4n) is 3.32. The van der Waals surface area contributed by atoms with Crippen molar-refractivity contribution in [1.29, 1.82) is 0 Å². The number of rotatable bonds is 6. The standard InChI is InChI=1S/C29H27BrN4O2/c1-20-13-23(16-25(14-20)28(35)33-11-9-31)7-5-21-3-2-4-22(15-21)6-8-24-17-26(19-27(30)18-24)29(36)34-12-10-32/h2-4,13-19H,9-12,31-32H2,1H3,(H,33,35)(H,34,36). The van der Waals surface area contributed by atoms with E-state index in [0.717, 1.165) is 26.7 Å². The van der Waals surface area contributed by atoms with Crippen LogP contribution in [-0.2, 0) is 0 Å². The van der Waals surface area contributed by atoms with Crippen molar-refractivity contribution in [1.82, 2.24) is 10.6 Å². The van der Waals surface area contributed by atoms with Gasteiger partial charge in [-0.3, -0.25) is 9.59 Å². The molecule has 0 spiro atoms. The van der Waals surface area contributed by atoms with Gasteiger partial charge in [0, 0.05) is 64.0 Å². The first-order chi connectivity index (χ1) is 17.4. The Morgan fingerprint density at radius 3 is 1.78 bits per heavy atom. The largest absolute Gasteiger partial charge is 0.351 e. The summed E-state index contributed by atoms with van der Waals surface area (Å²) >= 11 is 3.44. The highest BCUT2D eigenvalue weighted by Crippen LogP contribution is 2.16. The van der Waals surface area contributed by atoms with Gasteiger partial charge in [-0.15, -0.1) is 0 Å². The third kappa shape index (κ3) is 8.11. The van der Waals surface area contributed by atoms with E-state index in [-0.39, 0.29) is 11.8 Å². The van der Waals surface area contributed by atoms with Crippen molar-refractivity contribution in [3.05, 3.63) is 104 Å². The van der Waals surface area contributed by atoms with Gasteiger partial charge in [-0.05, 0) is 67.1 Å². The van der Waals surface area contributed by atoms with Gasteiger partial charge in [0.05, 0.1) is 0 Å². The maximum Gasteiger partial charge on any atom is 0.251 e. The fraction of sp³-hybridized carbons (Fsp3) is 0.172. The van der Waals surface area contributed by atoms with Crippen LogP contribution in [0.25, 0.3) is 0 Å². The number of benzene rings is 3. The molecule has 3 rings (SSSR count). The number of nitrogens with one attached hydrogen (secondary N) is 2. The van der Waals surface area contributed by atoms with E-state index in [0.29, 0.717) is 42.9 Å².